The van der Waals surface area contributed by atoms with Gasteiger partial charge in [0.2, 0.25) is 11.8 Å². The summed E-state index contributed by atoms with van der Waals surface area (Å²) in [6, 6.07) is 12.4. The van der Waals surface area contributed by atoms with Crippen LogP contribution >= 0.6 is 0 Å². The van der Waals surface area contributed by atoms with Crippen LogP contribution in [0.4, 0.5) is 5.69 Å². The predicted octanol–water partition coefficient (Wildman–Crippen LogP) is 2.80. The van der Waals surface area contributed by atoms with Gasteiger partial charge in [-0.25, -0.2) is 4.68 Å². The summed E-state index contributed by atoms with van der Waals surface area (Å²) in [6.07, 6.45) is 3.90. The number of amides is 1. The molecule has 0 saturated heterocycles. The summed E-state index contributed by atoms with van der Waals surface area (Å²) >= 11 is 0. The molecule has 0 aliphatic carbocycles. The number of nitrogens with one attached hydrogen (secondary N) is 1. The second-order valence-electron chi connectivity index (χ2n) is 4.71. The van der Waals surface area contributed by atoms with Crippen LogP contribution < -0.4 is 10.1 Å². The molecule has 2 aromatic heterocycles. The Kier molecular flexibility index (Phi) is 4.28. The molecule has 116 valence electrons. The minimum atomic E-state index is -0.0289. The fourth-order valence-electron chi connectivity index (χ4n) is 1.87. The van der Waals surface area contributed by atoms with Crippen LogP contribution in [0.5, 0.6) is 11.6 Å². The maximum absolute atomic E-state index is 11.3. The van der Waals surface area contributed by atoms with E-state index in [9.17, 15) is 4.79 Å². The van der Waals surface area contributed by atoms with E-state index in [1.54, 1.807) is 60.4 Å². The summed E-state index contributed by atoms with van der Waals surface area (Å²) in [7, 11) is 0. The largest absolute Gasteiger partial charge is 0.438 e. The van der Waals surface area contributed by atoms with Crippen molar-refractivity contribution in [2.45, 2.75) is 13.3 Å². The lowest BCUT2D eigenvalue weighted by molar-refractivity contribution is -0.115. The summed E-state index contributed by atoms with van der Waals surface area (Å²) < 4.78 is 7.23. The number of hydrogen-bond donors (Lipinski definition) is 1. The Hall–Kier alpha value is -3.22. The molecule has 0 atom stereocenters. The molecule has 0 fully saturated rings. The van der Waals surface area contributed by atoms with Gasteiger partial charge in [0.25, 0.3) is 0 Å². The third kappa shape index (κ3) is 3.70. The number of aromatic nitrogens is 4. The van der Waals surface area contributed by atoms with Crippen molar-refractivity contribution in [2.24, 2.45) is 0 Å². The smallest absolute Gasteiger partial charge is 0.238 e. The molecule has 1 amide bonds. The van der Waals surface area contributed by atoms with Crippen molar-refractivity contribution < 1.29 is 9.53 Å². The molecule has 0 spiro atoms. The molecular weight excluding hydrogens is 294 g/mol. The van der Waals surface area contributed by atoms with E-state index >= 15 is 0 Å². The molecule has 0 saturated carbocycles. The van der Waals surface area contributed by atoms with E-state index in [1.807, 2.05) is 6.07 Å². The summed E-state index contributed by atoms with van der Waals surface area (Å²) in [5.74, 6) is 1.57. The third-order valence-corrected chi connectivity index (χ3v) is 3.05. The zero-order chi connectivity index (χ0) is 16.1. The van der Waals surface area contributed by atoms with Crippen molar-refractivity contribution in [3.63, 3.8) is 0 Å². The molecule has 3 rings (SSSR count). The van der Waals surface area contributed by atoms with Gasteiger partial charge in [-0.3, -0.25) is 4.79 Å². The Labute approximate surface area is 132 Å². The molecule has 7 heteroatoms. The van der Waals surface area contributed by atoms with Gasteiger partial charge in [0, 0.05) is 30.6 Å². The molecule has 0 bridgehead atoms. The standard InChI is InChI=1S/C16H15N5O2/c1-2-15(22)18-12-4-6-13(7-5-12)23-16-9-8-14(19-20-16)21-11-3-10-17-21/h3-11H,2H2,1H3,(H,18,22). The molecule has 0 aliphatic heterocycles. The Balaban J connectivity index is 1.66. The molecule has 3 aromatic rings. The number of nitrogens with zero attached hydrogens (tertiary/aromatic N) is 4. The first-order chi connectivity index (χ1) is 11.2. The fourth-order valence-corrected chi connectivity index (χ4v) is 1.87. The van der Waals surface area contributed by atoms with Crippen LogP contribution in [0.15, 0.2) is 54.9 Å². The highest BCUT2D eigenvalue weighted by atomic mass is 16.5. The van der Waals surface area contributed by atoms with Crippen molar-refractivity contribution in [2.75, 3.05) is 5.32 Å². The van der Waals surface area contributed by atoms with E-state index in [2.05, 4.69) is 20.6 Å². The summed E-state index contributed by atoms with van der Waals surface area (Å²) in [4.78, 5) is 11.3. The zero-order valence-electron chi connectivity index (χ0n) is 12.5. The number of benzene rings is 1. The van der Waals surface area contributed by atoms with Crippen molar-refractivity contribution in [3.8, 4) is 17.4 Å². The van der Waals surface area contributed by atoms with Crippen LogP contribution in [-0.2, 0) is 4.79 Å². The first kappa shape index (κ1) is 14.7. The fraction of sp³-hybridized carbons (Fsp3) is 0.125. The highest BCUT2D eigenvalue weighted by Crippen LogP contribution is 2.21. The Morgan fingerprint density at radius 3 is 2.61 bits per heavy atom. The maximum atomic E-state index is 11.3. The van der Waals surface area contributed by atoms with Crippen LogP contribution in [0.3, 0.4) is 0 Å². The number of carbonyl (C=O) groups excluding carboxylic acids is 1. The Bertz CT molecular complexity index is 767. The number of carbonyl (C=O) groups is 1. The number of ether oxygens (including phenoxy) is 1. The summed E-state index contributed by atoms with van der Waals surface area (Å²) in [6.45, 7) is 1.80. The van der Waals surface area contributed by atoms with Crippen LogP contribution in [0, 0.1) is 0 Å². The molecule has 0 radical (unpaired) electrons. The van der Waals surface area contributed by atoms with Gasteiger partial charge < -0.3 is 10.1 Å². The van der Waals surface area contributed by atoms with Gasteiger partial charge in [-0.1, -0.05) is 6.92 Å². The van der Waals surface area contributed by atoms with Gasteiger partial charge in [0.15, 0.2) is 5.82 Å². The first-order valence-corrected chi connectivity index (χ1v) is 7.16. The van der Waals surface area contributed by atoms with E-state index in [1.165, 1.54) is 0 Å². The molecular formula is C16H15N5O2. The second kappa shape index (κ2) is 6.69. The average molecular weight is 309 g/mol. The third-order valence-electron chi connectivity index (χ3n) is 3.05. The van der Waals surface area contributed by atoms with E-state index in [-0.39, 0.29) is 5.91 Å². The lowest BCUT2D eigenvalue weighted by Crippen LogP contribution is -2.09. The van der Waals surface area contributed by atoms with Gasteiger partial charge in [-0.15, -0.1) is 10.2 Å². The Morgan fingerprint density at radius 2 is 2.00 bits per heavy atom. The van der Waals surface area contributed by atoms with Gasteiger partial charge in [0.1, 0.15) is 5.75 Å². The van der Waals surface area contributed by atoms with Gasteiger partial charge in [-0.2, -0.15) is 5.10 Å². The van der Waals surface area contributed by atoms with E-state index in [0.29, 0.717) is 23.9 Å². The number of hydrogen-bond acceptors (Lipinski definition) is 5. The highest BCUT2D eigenvalue weighted by Gasteiger charge is 2.03. The van der Waals surface area contributed by atoms with Gasteiger partial charge in [0.05, 0.1) is 0 Å². The quantitative estimate of drug-likeness (QED) is 0.783. The molecule has 0 unspecified atom stereocenters. The predicted molar refractivity (Wildman–Crippen MR) is 84.6 cm³/mol. The normalized spacial score (nSPS) is 10.3. The highest BCUT2D eigenvalue weighted by molar-refractivity contribution is 5.90. The first-order valence-electron chi connectivity index (χ1n) is 7.16. The SMILES string of the molecule is CCC(=O)Nc1ccc(Oc2ccc(-n3cccn3)nn2)cc1. The number of rotatable bonds is 5. The molecule has 0 aliphatic rings. The van der Waals surface area contributed by atoms with Crippen molar-refractivity contribution >= 4 is 11.6 Å². The monoisotopic (exact) mass is 309 g/mol. The molecule has 1 N–H and O–H groups in total. The molecule has 1 aromatic carbocycles. The minimum absolute atomic E-state index is 0.0289. The van der Waals surface area contributed by atoms with Gasteiger partial charge in [-0.05, 0) is 36.4 Å². The van der Waals surface area contributed by atoms with E-state index in [4.69, 9.17) is 4.74 Å². The topological polar surface area (TPSA) is 81.9 Å². The minimum Gasteiger partial charge on any atom is -0.438 e. The zero-order valence-corrected chi connectivity index (χ0v) is 12.5. The average Bonchev–Trinajstić information content (AvgIpc) is 3.12. The van der Waals surface area contributed by atoms with Crippen LogP contribution in [0.1, 0.15) is 13.3 Å². The number of anilines is 1. The Morgan fingerprint density at radius 1 is 1.17 bits per heavy atom. The lowest BCUT2D eigenvalue weighted by Gasteiger charge is -2.07. The van der Waals surface area contributed by atoms with Crippen LogP contribution in [0.2, 0.25) is 0 Å². The van der Waals surface area contributed by atoms with Crippen LogP contribution in [-0.4, -0.2) is 25.9 Å². The van der Waals surface area contributed by atoms with Crippen molar-refractivity contribution in [1.29, 1.82) is 0 Å². The van der Waals surface area contributed by atoms with E-state index < -0.39 is 0 Å². The summed E-state index contributed by atoms with van der Waals surface area (Å²) in [5, 5.41) is 14.9. The second-order valence-corrected chi connectivity index (χ2v) is 4.71. The van der Waals surface area contributed by atoms with Crippen molar-refractivity contribution in [1.82, 2.24) is 20.0 Å². The molecule has 2 heterocycles. The lowest BCUT2D eigenvalue weighted by atomic mass is 10.3. The van der Waals surface area contributed by atoms with Crippen molar-refractivity contribution in [3.05, 3.63) is 54.9 Å². The summed E-state index contributed by atoms with van der Waals surface area (Å²) in [5.41, 5.74) is 0.726. The maximum Gasteiger partial charge on any atom is 0.238 e. The van der Waals surface area contributed by atoms with E-state index in [0.717, 1.165) is 5.69 Å². The molecule has 7 nitrogen and oxygen atoms in total. The van der Waals surface area contributed by atoms with Gasteiger partial charge >= 0.3 is 0 Å². The van der Waals surface area contributed by atoms with Crippen LogP contribution in [0.25, 0.3) is 5.82 Å². The molecule has 23 heavy (non-hydrogen) atoms.